The van der Waals surface area contributed by atoms with E-state index in [0.717, 1.165) is 70.2 Å². The molecule has 19 nitrogen and oxygen atoms in total. The molecule has 482 valence electrons. The highest BCUT2D eigenvalue weighted by Crippen LogP contribution is 2.45. The van der Waals surface area contributed by atoms with E-state index in [1.807, 2.05) is 133 Å². The Morgan fingerprint density at radius 2 is 1.06 bits per heavy atom. The largest absolute Gasteiger partial charge is 0.449 e. The molecule has 1 aliphatic heterocycles. The van der Waals surface area contributed by atoms with Crippen molar-refractivity contribution in [2.75, 3.05) is 27.2 Å². The molecule has 1 saturated carbocycles. The maximum Gasteiger partial charge on any atom is 0.407 e. The molecule has 9 rings (SSSR count). The molecule has 4 aromatic carbocycles. The van der Waals surface area contributed by atoms with Crippen molar-refractivity contribution < 1.29 is 47.9 Å². The lowest BCUT2D eigenvalue weighted by molar-refractivity contribution is -0.144. The van der Waals surface area contributed by atoms with Gasteiger partial charge in [0.05, 0.1) is 30.2 Å². The van der Waals surface area contributed by atoms with Gasteiger partial charge in [-0.15, -0.1) is 0 Å². The number of alkyl carbamates (subject to hydrolysis) is 1. The van der Waals surface area contributed by atoms with Crippen LogP contribution in [0, 0.1) is 28.6 Å². The Balaban J connectivity index is 0.982. The van der Waals surface area contributed by atoms with Crippen LogP contribution < -0.4 is 42.5 Å². The fourth-order valence-corrected chi connectivity index (χ4v) is 14.2. The van der Waals surface area contributed by atoms with Crippen LogP contribution in [-0.4, -0.2) is 128 Å². The molecule has 2 fully saturated rings. The first-order valence-electron chi connectivity index (χ1n) is 32.3. The summed E-state index contributed by atoms with van der Waals surface area (Å²) in [5.41, 5.74) is 6.69. The lowest BCUT2D eigenvalue weighted by atomic mass is 9.77. The van der Waals surface area contributed by atoms with Crippen LogP contribution in [0.15, 0.2) is 97.1 Å². The van der Waals surface area contributed by atoms with Crippen LogP contribution in [0.2, 0.25) is 0 Å². The molecule has 4 aromatic rings. The number of likely N-dealkylation sites (N-methyl/N-ethyl adjacent to an activating group) is 2. The van der Waals surface area contributed by atoms with Gasteiger partial charge in [-0.05, 0) is 147 Å². The SMILES string of the molecule is CN[C@@H](C)C(=O)N[C@H](C(=O)C1C[C@@H](CC(=O)C[C@H](NC(=O)OCC2c3ccccc3-c3ccccc32)C(=O)N[C@H]2C[C@@H](C(=O)N[C@@H]3CCCc4ccccc43)N(C(=O)[C@@H](NC(=O)[C@H](C)NC)C(C)(C)C)C2)C[C@H]1C(=O)N[C@@H]1CCCc2ccccc21)C(C)(C)C. The zero-order valence-electron chi connectivity index (χ0n) is 54.0. The molecule has 1 saturated heterocycles. The number of Topliss-reactive ketones (excluding diaryl/α,β-unsaturated/α-hetero) is 2. The van der Waals surface area contributed by atoms with Gasteiger partial charge in [0.2, 0.25) is 35.4 Å². The summed E-state index contributed by atoms with van der Waals surface area (Å²) < 4.78 is 5.98. The number of nitrogens with zero attached hydrogens (tertiary/aromatic N) is 1. The van der Waals surface area contributed by atoms with Crippen molar-refractivity contribution in [1.29, 1.82) is 0 Å². The molecule has 4 aliphatic carbocycles. The summed E-state index contributed by atoms with van der Waals surface area (Å²) in [5, 5.41) is 24.0. The van der Waals surface area contributed by atoms with Gasteiger partial charge in [0.1, 0.15) is 30.5 Å². The van der Waals surface area contributed by atoms with Crippen molar-refractivity contribution in [2.24, 2.45) is 28.6 Å². The Labute approximate surface area is 529 Å². The highest BCUT2D eigenvalue weighted by atomic mass is 16.5. The van der Waals surface area contributed by atoms with Gasteiger partial charge < -0.3 is 52.2 Å². The molecule has 7 amide bonds. The molecule has 8 N–H and O–H groups in total. The van der Waals surface area contributed by atoms with E-state index in [0.29, 0.717) is 12.8 Å². The monoisotopic (exact) mass is 1230 g/mol. The molecule has 0 bridgehead atoms. The summed E-state index contributed by atoms with van der Waals surface area (Å²) in [6, 6.07) is 24.3. The number of aryl methyl sites for hydroxylation is 2. The number of amides is 7. The summed E-state index contributed by atoms with van der Waals surface area (Å²) in [6.07, 6.45) is 3.52. The van der Waals surface area contributed by atoms with Gasteiger partial charge in [-0.1, -0.05) is 139 Å². The number of ether oxygens (including phenoxy) is 1. The maximum absolute atomic E-state index is 15.1. The van der Waals surface area contributed by atoms with Crippen molar-refractivity contribution in [3.8, 4) is 11.1 Å². The van der Waals surface area contributed by atoms with Gasteiger partial charge in [0.25, 0.3) is 0 Å². The van der Waals surface area contributed by atoms with Crippen molar-refractivity contribution in [3.05, 3.63) is 130 Å². The number of ketones is 2. The average molecular weight is 1230 g/mol. The smallest absolute Gasteiger partial charge is 0.407 e. The number of likely N-dealkylation sites (tertiary alicyclic amines) is 1. The van der Waals surface area contributed by atoms with Gasteiger partial charge in [-0.2, -0.15) is 0 Å². The van der Waals surface area contributed by atoms with Crippen LogP contribution >= 0.6 is 0 Å². The predicted molar refractivity (Wildman–Crippen MR) is 343 cm³/mol. The Kier molecular flexibility index (Phi) is 21.2. The molecule has 0 aromatic heterocycles. The minimum absolute atomic E-state index is 0.0295. The van der Waals surface area contributed by atoms with Crippen molar-refractivity contribution in [3.63, 3.8) is 0 Å². The van der Waals surface area contributed by atoms with Gasteiger partial charge in [-0.3, -0.25) is 38.4 Å². The molecule has 90 heavy (non-hydrogen) atoms. The van der Waals surface area contributed by atoms with E-state index < -0.39 is 113 Å². The number of carbonyl (C=O) groups excluding carboxylic acids is 9. The fraction of sp³-hybridized carbons (Fsp3) is 0.535. The molecule has 1 heterocycles. The third kappa shape index (κ3) is 15.3. The number of carbonyl (C=O) groups is 9. The topological polar surface area (TPSA) is 262 Å². The first kappa shape index (κ1) is 66.6. The molecule has 0 spiro atoms. The summed E-state index contributed by atoms with van der Waals surface area (Å²) >= 11 is 0. The third-order valence-corrected chi connectivity index (χ3v) is 19.4. The van der Waals surface area contributed by atoms with Crippen molar-refractivity contribution in [1.82, 2.24) is 47.4 Å². The number of benzene rings is 4. The highest BCUT2D eigenvalue weighted by Gasteiger charge is 2.50. The van der Waals surface area contributed by atoms with E-state index in [4.69, 9.17) is 4.74 Å². The van der Waals surface area contributed by atoms with Crippen LogP contribution in [-0.2, 0) is 55.9 Å². The zero-order chi connectivity index (χ0) is 64.8. The minimum Gasteiger partial charge on any atom is -0.449 e. The van der Waals surface area contributed by atoms with E-state index in [2.05, 4.69) is 48.6 Å². The van der Waals surface area contributed by atoms with E-state index in [1.54, 1.807) is 27.9 Å². The Morgan fingerprint density at radius 1 is 0.567 bits per heavy atom. The molecular formula is C71H93N9O10. The zero-order valence-corrected chi connectivity index (χ0v) is 54.0. The lowest BCUT2D eigenvalue weighted by Gasteiger charge is -2.36. The minimum atomic E-state index is -1.52. The number of hydrogen-bond donors (Lipinski definition) is 8. The second kappa shape index (κ2) is 28.6. The van der Waals surface area contributed by atoms with E-state index in [-0.39, 0.29) is 74.4 Å². The van der Waals surface area contributed by atoms with E-state index in [1.165, 1.54) is 4.90 Å². The highest BCUT2D eigenvalue weighted by molar-refractivity contribution is 5.98. The number of rotatable bonds is 22. The fourth-order valence-electron chi connectivity index (χ4n) is 14.2. The number of hydrogen-bond acceptors (Lipinski definition) is 12. The first-order valence-corrected chi connectivity index (χ1v) is 32.3. The summed E-state index contributed by atoms with van der Waals surface area (Å²) in [6.45, 7) is 14.2. The Bertz CT molecular complexity index is 3290. The first-order chi connectivity index (χ1) is 42.8. The molecule has 1 unspecified atom stereocenters. The third-order valence-electron chi connectivity index (χ3n) is 19.4. The van der Waals surface area contributed by atoms with E-state index in [9.17, 15) is 28.8 Å². The quantitative estimate of drug-likeness (QED) is 0.0388. The van der Waals surface area contributed by atoms with Crippen molar-refractivity contribution >= 4 is 53.1 Å². The second-order valence-electron chi connectivity index (χ2n) is 27.8. The van der Waals surface area contributed by atoms with Crippen molar-refractivity contribution in [2.45, 2.75) is 186 Å². The van der Waals surface area contributed by atoms with Crippen LogP contribution in [0.25, 0.3) is 11.1 Å². The normalized spacial score (nSPS) is 22.8. The Hall–Kier alpha value is -7.77. The second-order valence-corrected chi connectivity index (χ2v) is 27.8. The van der Waals surface area contributed by atoms with Crippen LogP contribution in [0.1, 0.15) is 165 Å². The maximum atomic E-state index is 15.1. The predicted octanol–water partition coefficient (Wildman–Crippen LogP) is 7.21. The summed E-state index contributed by atoms with van der Waals surface area (Å²) in [7, 11) is 3.29. The van der Waals surface area contributed by atoms with Gasteiger partial charge >= 0.3 is 6.09 Å². The summed E-state index contributed by atoms with van der Waals surface area (Å²) in [4.78, 5) is 132. The molecule has 19 heteroatoms. The average Bonchev–Trinajstić information content (AvgIpc) is 1.63. The van der Waals surface area contributed by atoms with Crippen LogP contribution in [0.3, 0.4) is 0 Å². The number of fused-ring (bicyclic) bond motifs is 5. The van der Waals surface area contributed by atoms with Crippen LogP contribution in [0.5, 0.6) is 0 Å². The van der Waals surface area contributed by atoms with E-state index >= 15 is 14.4 Å². The standard InChI is InChI=1S/C71H93N9O10/c1-40(72-9)63(83)78-61(70(3,4)5)60(82)53-34-42(35-54(53)65(85)75-56-31-19-23-43-21-11-13-25-47(43)56)33-46(81)37-58(77-69(89)90-39-55-51-29-17-15-27-49(51)50-28-16-18-30-52(50)55)66(86)74-45-36-59(67(87)76-57-32-20-24-44-22-12-14-26-48(44)57)80(38-45)68(88)62(71(6,7)8)79-64(84)41(2)73-10/h11-18,21-22,25-30,40-42,45,53-59,61-62,72-73H,19-20,23-24,31-39H2,1-10H3,(H,74,86)(H,75,85)(H,76,87)(H,77,89)(H,78,83)(H,79,84)/t40-,41-,42+,45-,53?,54+,56+,57+,58-,59-,61+,62+/m0/s1. The Morgan fingerprint density at radius 3 is 1.59 bits per heavy atom. The molecular weight excluding hydrogens is 1140 g/mol. The summed E-state index contributed by atoms with van der Waals surface area (Å²) in [5.74, 6) is -6.10. The molecule has 12 atom stereocenters. The lowest BCUT2D eigenvalue weighted by Crippen LogP contribution is -2.59. The molecule has 5 aliphatic rings. The van der Waals surface area contributed by atoms with Crippen LogP contribution in [0.4, 0.5) is 4.79 Å². The molecule has 0 radical (unpaired) electrons. The van der Waals surface area contributed by atoms with Gasteiger partial charge in [0.15, 0.2) is 5.78 Å². The van der Waals surface area contributed by atoms with Gasteiger partial charge in [-0.25, -0.2) is 4.79 Å². The number of nitrogens with one attached hydrogen (secondary N) is 8. The van der Waals surface area contributed by atoms with Gasteiger partial charge in [0, 0.05) is 43.2 Å².